The molecule has 4 atom stereocenters. The van der Waals surface area contributed by atoms with Crippen LogP contribution in [0.1, 0.15) is 0 Å². The van der Waals surface area contributed by atoms with Gasteiger partial charge in [-0.3, -0.25) is 0 Å². The molecule has 0 aliphatic heterocycles. The van der Waals surface area contributed by atoms with E-state index in [1.807, 2.05) is 0 Å². The number of hydrogen-bond donors (Lipinski definition) is 5. The summed E-state index contributed by atoms with van der Waals surface area (Å²) in [4.78, 5) is 0. The minimum Gasteiger partial charge on any atom is -0.491 e. The Kier molecular flexibility index (Phi) is 6.03. The Balaban J connectivity index is 2.42. The van der Waals surface area contributed by atoms with Crippen LogP contribution in [0, 0.1) is 0 Å². The van der Waals surface area contributed by atoms with Gasteiger partial charge in [-0.05, 0) is 12.1 Å². The van der Waals surface area contributed by atoms with E-state index in [0.29, 0.717) is 5.75 Å². The summed E-state index contributed by atoms with van der Waals surface area (Å²) in [5.74, 6) is 0.515. The number of para-hydroxylation sites is 1. The molecule has 1 aromatic rings. The van der Waals surface area contributed by atoms with Gasteiger partial charge in [0.15, 0.2) is 0 Å². The average molecular weight is 258 g/mol. The number of hydrogen-bond acceptors (Lipinski definition) is 6. The lowest BCUT2D eigenvalue weighted by Crippen LogP contribution is -2.47. The fourth-order valence-electron chi connectivity index (χ4n) is 1.36. The molecule has 0 heterocycles. The lowest BCUT2D eigenvalue weighted by Gasteiger charge is -2.25. The topological polar surface area (TPSA) is 110 Å². The van der Waals surface area contributed by atoms with Crippen molar-refractivity contribution < 1.29 is 30.3 Å². The van der Waals surface area contributed by atoms with Crippen LogP contribution in [0.15, 0.2) is 30.3 Å². The third kappa shape index (κ3) is 4.25. The maximum atomic E-state index is 9.57. The molecule has 0 radical (unpaired) electrons. The first-order valence-electron chi connectivity index (χ1n) is 5.57. The molecule has 0 spiro atoms. The predicted molar refractivity (Wildman–Crippen MR) is 63.1 cm³/mol. The van der Waals surface area contributed by atoms with E-state index >= 15 is 0 Å². The van der Waals surface area contributed by atoms with E-state index in [0.717, 1.165) is 0 Å². The van der Waals surface area contributed by atoms with Gasteiger partial charge in [-0.2, -0.15) is 0 Å². The predicted octanol–water partition coefficient (Wildman–Crippen LogP) is -1.50. The summed E-state index contributed by atoms with van der Waals surface area (Å²) in [5, 5.41) is 46.2. The Morgan fingerprint density at radius 1 is 0.889 bits per heavy atom. The van der Waals surface area contributed by atoms with Crippen molar-refractivity contribution in [2.75, 3.05) is 13.2 Å². The first kappa shape index (κ1) is 14.9. The molecular weight excluding hydrogens is 240 g/mol. The Morgan fingerprint density at radius 3 is 2.00 bits per heavy atom. The summed E-state index contributed by atoms with van der Waals surface area (Å²) < 4.78 is 5.19. The zero-order valence-corrected chi connectivity index (χ0v) is 9.75. The van der Waals surface area contributed by atoms with Gasteiger partial charge in [0, 0.05) is 0 Å². The SMILES string of the molecule is OC[C@@H](O)[C@@H](O)[C@H](O)[C@@H](O)COc1ccccc1. The van der Waals surface area contributed by atoms with Gasteiger partial charge >= 0.3 is 0 Å². The maximum absolute atomic E-state index is 9.57. The van der Waals surface area contributed by atoms with E-state index in [-0.39, 0.29) is 6.61 Å². The van der Waals surface area contributed by atoms with Crippen LogP contribution in [0.2, 0.25) is 0 Å². The zero-order chi connectivity index (χ0) is 13.5. The average Bonchev–Trinajstić information content (AvgIpc) is 2.43. The van der Waals surface area contributed by atoms with Gasteiger partial charge in [0.25, 0.3) is 0 Å². The first-order chi connectivity index (χ1) is 8.56. The van der Waals surface area contributed by atoms with Gasteiger partial charge in [-0.15, -0.1) is 0 Å². The molecule has 1 aromatic carbocycles. The highest BCUT2D eigenvalue weighted by atomic mass is 16.5. The van der Waals surface area contributed by atoms with Crippen LogP contribution < -0.4 is 4.74 Å². The third-order valence-corrected chi connectivity index (χ3v) is 2.49. The number of benzene rings is 1. The Morgan fingerprint density at radius 2 is 1.44 bits per heavy atom. The second kappa shape index (κ2) is 7.30. The van der Waals surface area contributed by atoms with Crippen LogP contribution >= 0.6 is 0 Å². The number of aliphatic hydroxyl groups is 5. The molecule has 0 bridgehead atoms. The summed E-state index contributed by atoms with van der Waals surface area (Å²) >= 11 is 0. The molecule has 6 nitrogen and oxygen atoms in total. The summed E-state index contributed by atoms with van der Waals surface area (Å²) in [5.41, 5.74) is 0. The van der Waals surface area contributed by atoms with Crippen LogP contribution in [-0.2, 0) is 0 Å². The van der Waals surface area contributed by atoms with Crippen molar-refractivity contribution in [1.82, 2.24) is 0 Å². The van der Waals surface area contributed by atoms with Gasteiger partial charge in [-0.1, -0.05) is 18.2 Å². The molecule has 102 valence electrons. The summed E-state index contributed by atoms with van der Waals surface area (Å²) in [6, 6.07) is 8.67. The van der Waals surface area contributed by atoms with Crippen molar-refractivity contribution >= 4 is 0 Å². The summed E-state index contributed by atoms with van der Waals surface area (Å²) in [6.07, 6.45) is -6.12. The van der Waals surface area contributed by atoms with Crippen LogP contribution in [0.3, 0.4) is 0 Å². The van der Waals surface area contributed by atoms with Crippen molar-refractivity contribution in [2.45, 2.75) is 24.4 Å². The minimum absolute atomic E-state index is 0.236. The normalized spacial score (nSPS) is 17.8. The molecule has 6 heteroatoms. The van der Waals surface area contributed by atoms with Gasteiger partial charge in [0.1, 0.15) is 36.8 Å². The summed E-state index contributed by atoms with van der Waals surface area (Å²) in [7, 11) is 0. The number of rotatable bonds is 7. The fraction of sp³-hybridized carbons (Fsp3) is 0.500. The lowest BCUT2D eigenvalue weighted by atomic mass is 10.0. The Labute approximate surface area is 105 Å². The smallest absolute Gasteiger partial charge is 0.119 e. The quantitative estimate of drug-likeness (QED) is 0.407. The molecule has 1 rings (SSSR count). The van der Waals surface area contributed by atoms with E-state index in [2.05, 4.69) is 0 Å². The maximum Gasteiger partial charge on any atom is 0.119 e. The molecule has 0 amide bonds. The number of aliphatic hydroxyl groups excluding tert-OH is 5. The van der Waals surface area contributed by atoms with Gasteiger partial charge in [0.05, 0.1) is 6.61 Å². The van der Waals surface area contributed by atoms with Crippen molar-refractivity contribution in [3.05, 3.63) is 30.3 Å². The highest BCUT2D eigenvalue weighted by Gasteiger charge is 2.30. The highest BCUT2D eigenvalue weighted by molar-refractivity contribution is 5.20. The summed E-state index contributed by atoms with van der Waals surface area (Å²) in [6.45, 7) is -0.940. The lowest BCUT2D eigenvalue weighted by molar-refractivity contribution is -0.121. The van der Waals surface area contributed by atoms with Gasteiger partial charge in [0.2, 0.25) is 0 Å². The van der Waals surface area contributed by atoms with Crippen molar-refractivity contribution in [1.29, 1.82) is 0 Å². The molecule has 0 aromatic heterocycles. The van der Waals surface area contributed by atoms with E-state index < -0.39 is 31.0 Å². The highest BCUT2D eigenvalue weighted by Crippen LogP contribution is 2.11. The van der Waals surface area contributed by atoms with Crippen molar-refractivity contribution in [3.63, 3.8) is 0 Å². The molecule has 5 N–H and O–H groups in total. The fourth-order valence-corrected chi connectivity index (χ4v) is 1.36. The van der Waals surface area contributed by atoms with E-state index in [1.165, 1.54) is 0 Å². The molecular formula is C12H18O6. The van der Waals surface area contributed by atoms with Gasteiger partial charge in [-0.25, -0.2) is 0 Å². The van der Waals surface area contributed by atoms with Crippen LogP contribution in [-0.4, -0.2) is 63.2 Å². The Hall–Kier alpha value is -1.18. The van der Waals surface area contributed by atoms with E-state index in [4.69, 9.17) is 14.9 Å². The molecule has 0 fully saturated rings. The van der Waals surface area contributed by atoms with Crippen molar-refractivity contribution in [2.24, 2.45) is 0 Å². The molecule has 0 saturated carbocycles. The van der Waals surface area contributed by atoms with E-state index in [1.54, 1.807) is 30.3 Å². The molecule has 18 heavy (non-hydrogen) atoms. The standard InChI is InChI=1S/C12H18O6/c13-6-9(14)11(16)12(17)10(15)7-18-8-4-2-1-3-5-8/h1-5,9-17H,6-7H2/t9-,10+,11-,12-/m1/s1. The molecule has 0 unspecified atom stereocenters. The zero-order valence-electron chi connectivity index (χ0n) is 9.75. The second-order valence-electron chi connectivity index (χ2n) is 3.92. The Bertz CT molecular complexity index is 331. The second-order valence-corrected chi connectivity index (χ2v) is 3.92. The molecule has 0 aliphatic rings. The first-order valence-corrected chi connectivity index (χ1v) is 5.57. The van der Waals surface area contributed by atoms with Gasteiger partial charge < -0.3 is 30.3 Å². The van der Waals surface area contributed by atoms with Crippen LogP contribution in [0.25, 0.3) is 0 Å². The van der Waals surface area contributed by atoms with Crippen LogP contribution in [0.5, 0.6) is 5.75 Å². The number of ether oxygens (including phenoxy) is 1. The van der Waals surface area contributed by atoms with Crippen LogP contribution in [0.4, 0.5) is 0 Å². The minimum atomic E-state index is -1.63. The largest absolute Gasteiger partial charge is 0.491 e. The van der Waals surface area contributed by atoms with Crippen molar-refractivity contribution in [3.8, 4) is 5.75 Å². The monoisotopic (exact) mass is 258 g/mol. The molecule has 0 saturated heterocycles. The van der Waals surface area contributed by atoms with E-state index in [9.17, 15) is 15.3 Å². The molecule has 0 aliphatic carbocycles. The third-order valence-electron chi connectivity index (χ3n) is 2.49.